The molecule has 1 N–H and O–H groups in total. The number of benzene rings is 3. The van der Waals surface area contributed by atoms with Crippen LogP contribution in [0.4, 0.5) is 0 Å². The van der Waals surface area contributed by atoms with E-state index in [1.807, 2.05) is 84.9 Å². The molecule has 3 nitrogen and oxygen atoms in total. The summed E-state index contributed by atoms with van der Waals surface area (Å²) in [7, 11) is -2.95. The van der Waals surface area contributed by atoms with Gasteiger partial charge < -0.3 is 4.74 Å². The van der Waals surface area contributed by atoms with Gasteiger partial charge in [0.2, 0.25) is 7.29 Å². The molecule has 0 saturated carbocycles. The van der Waals surface area contributed by atoms with E-state index in [0.717, 1.165) is 28.3 Å². The van der Waals surface area contributed by atoms with Crippen LogP contribution in [-0.4, -0.2) is 6.61 Å². The summed E-state index contributed by atoms with van der Waals surface area (Å²) in [6, 6.07) is 27.4. The molecule has 25 heavy (non-hydrogen) atoms. The lowest BCUT2D eigenvalue weighted by atomic mass is 10.0. The standard InChI is InChI=1S/C21H20NO2P/c23-25(17-9-3-1-4-10-17,18-11-5-2-6-12-18)22-20-15-16-24-21-14-8-7-13-19(20)21/h1-14,20H,15-16H2,(H,22,23)/t20-/m0/s1. The van der Waals surface area contributed by atoms with E-state index >= 15 is 0 Å². The predicted molar refractivity (Wildman–Crippen MR) is 102 cm³/mol. The first kappa shape index (κ1) is 16.1. The molecule has 0 aliphatic carbocycles. The van der Waals surface area contributed by atoms with Crippen molar-refractivity contribution in [3.8, 4) is 5.75 Å². The molecular formula is C21H20NO2P. The molecular weight excluding hydrogens is 329 g/mol. The largest absolute Gasteiger partial charge is 0.493 e. The van der Waals surface area contributed by atoms with Gasteiger partial charge in [-0.1, -0.05) is 54.6 Å². The van der Waals surface area contributed by atoms with E-state index in [1.54, 1.807) is 0 Å². The summed E-state index contributed by atoms with van der Waals surface area (Å²) in [4.78, 5) is 0. The lowest BCUT2D eigenvalue weighted by Crippen LogP contribution is -2.33. The van der Waals surface area contributed by atoms with Gasteiger partial charge in [-0.05, 0) is 30.3 Å². The van der Waals surface area contributed by atoms with E-state index < -0.39 is 7.29 Å². The van der Waals surface area contributed by atoms with Crippen molar-refractivity contribution in [1.29, 1.82) is 0 Å². The Hall–Kier alpha value is -2.35. The van der Waals surface area contributed by atoms with Crippen molar-refractivity contribution in [1.82, 2.24) is 5.09 Å². The van der Waals surface area contributed by atoms with Crippen LogP contribution >= 0.6 is 7.29 Å². The molecule has 0 spiro atoms. The Labute approximate surface area is 148 Å². The quantitative estimate of drug-likeness (QED) is 0.723. The van der Waals surface area contributed by atoms with Gasteiger partial charge in [0, 0.05) is 28.6 Å². The van der Waals surface area contributed by atoms with E-state index in [2.05, 4.69) is 5.09 Å². The van der Waals surface area contributed by atoms with Gasteiger partial charge in [0.05, 0.1) is 6.61 Å². The van der Waals surface area contributed by atoms with E-state index in [0.29, 0.717) is 6.61 Å². The van der Waals surface area contributed by atoms with Crippen molar-refractivity contribution < 1.29 is 9.30 Å². The monoisotopic (exact) mass is 349 g/mol. The molecule has 0 fully saturated rings. The summed E-state index contributed by atoms with van der Waals surface area (Å²) in [5.74, 6) is 0.874. The minimum absolute atomic E-state index is 0.00352. The topological polar surface area (TPSA) is 38.3 Å². The number of para-hydroxylation sites is 1. The Kier molecular flexibility index (Phi) is 4.44. The van der Waals surface area contributed by atoms with Gasteiger partial charge in [-0.15, -0.1) is 0 Å². The highest BCUT2D eigenvalue weighted by Crippen LogP contribution is 2.44. The van der Waals surface area contributed by atoms with Crippen molar-refractivity contribution in [2.24, 2.45) is 0 Å². The predicted octanol–water partition coefficient (Wildman–Crippen LogP) is 4.03. The second-order valence-corrected chi connectivity index (χ2v) is 8.65. The first-order valence-corrected chi connectivity index (χ1v) is 10.2. The maximum absolute atomic E-state index is 14.1. The van der Waals surface area contributed by atoms with Gasteiger partial charge >= 0.3 is 0 Å². The number of nitrogens with one attached hydrogen (secondary N) is 1. The first-order chi connectivity index (χ1) is 12.3. The normalized spacial score (nSPS) is 16.7. The Bertz CT molecular complexity index is 853. The molecule has 0 amide bonds. The second kappa shape index (κ2) is 6.87. The fourth-order valence-corrected chi connectivity index (χ4v) is 5.76. The molecule has 1 aliphatic heterocycles. The number of hydrogen-bond acceptors (Lipinski definition) is 2. The first-order valence-electron chi connectivity index (χ1n) is 8.48. The molecule has 4 rings (SSSR count). The van der Waals surface area contributed by atoms with Gasteiger partial charge in [0.1, 0.15) is 5.75 Å². The molecule has 1 heterocycles. The highest BCUT2D eigenvalue weighted by Gasteiger charge is 2.32. The molecule has 3 aromatic rings. The molecule has 0 saturated heterocycles. The summed E-state index contributed by atoms with van der Waals surface area (Å²) >= 11 is 0. The Morgan fingerprint density at radius 2 is 1.36 bits per heavy atom. The Morgan fingerprint density at radius 3 is 2.00 bits per heavy atom. The van der Waals surface area contributed by atoms with Crippen molar-refractivity contribution >= 4 is 17.9 Å². The third kappa shape index (κ3) is 3.13. The van der Waals surface area contributed by atoms with Gasteiger partial charge in [0.25, 0.3) is 0 Å². The van der Waals surface area contributed by atoms with E-state index in [1.165, 1.54) is 0 Å². The maximum Gasteiger partial charge on any atom is 0.205 e. The molecule has 0 aromatic heterocycles. The van der Waals surface area contributed by atoms with Gasteiger partial charge in [-0.25, -0.2) is 0 Å². The SMILES string of the molecule is O=P(N[C@H]1CCOc2ccccc21)(c1ccccc1)c1ccccc1. The van der Waals surface area contributed by atoms with Crippen LogP contribution in [0, 0.1) is 0 Å². The number of ether oxygens (including phenoxy) is 1. The van der Waals surface area contributed by atoms with Crippen LogP contribution in [0.1, 0.15) is 18.0 Å². The van der Waals surface area contributed by atoms with Crippen molar-refractivity contribution in [3.63, 3.8) is 0 Å². The van der Waals surface area contributed by atoms with Crippen molar-refractivity contribution in [2.45, 2.75) is 12.5 Å². The lowest BCUT2D eigenvalue weighted by molar-refractivity contribution is 0.263. The summed E-state index contributed by atoms with van der Waals surface area (Å²) in [5, 5.41) is 5.15. The van der Waals surface area contributed by atoms with E-state index in [-0.39, 0.29) is 6.04 Å². The molecule has 1 atom stereocenters. The van der Waals surface area contributed by atoms with Gasteiger partial charge in [0.15, 0.2) is 0 Å². The minimum Gasteiger partial charge on any atom is -0.493 e. The third-order valence-electron chi connectivity index (χ3n) is 4.54. The van der Waals surface area contributed by atoms with Crippen molar-refractivity contribution in [2.75, 3.05) is 6.61 Å². The number of hydrogen-bond donors (Lipinski definition) is 1. The molecule has 126 valence electrons. The summed E-state index contributed by atoms with van der Waals surface area (Å²) in [5.41, 5.74) is 1.07. The zero-order chi connectivity index (χ0) is 17.1. The van der Waals surface area contributed by atoms with Crippen LogP contribution < -0.4 is 20.4 Å². The molecule has 3 aromatic carbocycles. The second-order valence-electron chi connectivity index (χ2n) is 6.14. The molecule has 0 bridgehead atoms. The highest BCUT2D eigenvalue weighted by molar-refractivity contribution is 7.76. The average Bonchev–Trinajstić information content (AvgIpc) is 2.69. The van der Waals surface area contributed by atoms with Crippen LogP contribution in [0.3, 0.4) is 0 Å². The van der Waals surface area contributed by atoms with Crippen molar-refractivity contribution in [3.05, 3.63) is 90.5 Å². The molecule has 0 radical (unpaired) electrons. The van der Waals surface area contributed by atoms with E-state index in [4.69, 9.17) is 4.74 Å². The van der Waals surface area contributed by atoms with Crippen LogP contribution in [0.25, 0.3) is 0 Å². The lowest BCUT2D eigenvalue weighted by Gasteiger charge is -2.31. The summed E-state index contributed by atoms with van der Waals surface area (Å²) < 4.78 is 19.9. The number of fused-ring (bicyclic) bond motifs is 1. The van der Waals surface area contributed by atoms with Gasteiger partial charge in [-0.3, -0.25) is 9.65 Å². The number of rotatable bonds is 4. The zero-order valence-electron chi connectivity index (χ0n) is 13.8. The smallest absolute Gasteiger partial charge is 0.205 e. The molecule has 0 unspecified atom stereocenters. The fraction of sp³-hybridized carbons (Fsp3) is 0.143. The summed E-state index contributed by atoms with van der Waals surface area (Å²) in [6.45, 7) is 0.623. The van der Waals surface area contributed by atoms with Crippen LogP contribution in [0.2, 0.25) is 0 Å². The molecule has 1 aliphatic rings. The minimum atomic E-state index is -2.95. The highest BCUT2D eigenvalue weighted by atomic mass is 31.2. The fourth-order valence-electron chi connectivity index (χ4n) is 3.27. The zero-order valence-corrected chi connectivity index (χ0v) is 14.7. The van der Waals surface area contributed by atoms with Crippen LogP contribution in [0.15, 0.2) is 84.9 Å². The Balaban J connectivity index is 1.78. The third-order valence-corrected chi connectivity index (χ3v) is 7.26. The average molecular weight is 349 g/mol. The van der Waals surface area contributed by atoms with Crippen LogP contribution in [-0.2, 0) is 4.57 Å². The van der Waals surface area contributed by atoms with Crippen LogP contribution in [0.5, 0.6) is 5.75 Å². The molecule has 4 heteroatoms. The van der Waals surface area contributed by atoms with Gasteiger partial charge in [-0.2, -0.15) is 0 Å². The Morgan fingerprint density at radius 1 is 0.800 bits per heavy atom. The van der Waals surface area contributed by atoms with E-state index in [9.17, 15) is 4.57 Å². The maximum atomic E-state index is 14.1. The summed E-state index contributed by atoms with van der Waals surface area (Å²) in [6.07, 6.45) is 0.792.